The maximum Gasteiger partial charge on any atom is 0.0839 e. The Bertz CT molecular complexity index is 461. The summed E-state index contributed by atoms with van der Waals surface area (Å²) in [7, 11) is 0. The van der Waals surface area contributed by atoms with Crippen molar-refractivity contribution in [2.75, 3.05) is 6.54 Å². The maximum atomic E-state index is 10.1. The van der Waals surface area contributed by atoms with Gasteiger partial charge in [0.05, 0.1) is 6.54 Å². The van der Waals surface area contributed by atoms with Gasteiger partial charge in [0.2, 0.25) is 0 Å². The molecular formula is C12H14N2O. The average Bonchev–Trinajstić information content (AvgIpc) is 2.62. The van der Waals surface area contributed by atoms with Crippen molar-refractivity contribution in [3.63, 3.8) is 0 Å². The van der Waals surface area contributed by atoms with Crippen molar-refractivity contribution < 1.29 is 0 Å². The van der Waals surface area contributed by atoms with Gasteiger partial charge in [-0.15, -0.1) is 0 Å². The van der Waals surface area contributed by atoms with Gasteiger partial charge in [-0.05, 0) is 24.0 Å². The minimum Gasteiger partial charge on any atom is -0.361 e. The fourth-order valence-corrected chi connectivity index (χ4v) is 1.87. The Morgan fingerprint density at radius 1 is 1.40 bits per heavy atom. The van der Waals surface area contributed by atoms with Crippen LogP contribution in [0.5, 0.6) is 0 Å². The van der Waals surface area contributed by atoms with Crippen LogP contribution in [-0.2, 0) is 6.42 Å². The summed E-state index contributed by atoms with van der Waals surface area (Å²) in [5.41, 5.74) is 2.42. The standard InChI is InChI=1S/C12H14N2O/c1-9(7-14-15)6-10-8-13-12-5-3-2-4-11(10)12/h2-5,8-9,13H,6-7H2,1H3. The molecule has 0 saturated heterocycles. The van der Waals surface area contributed by atoms with Crippen molar-refractivity contribution in [2.45, 2.75) is 13.3 Å². The molecule has 0 saturated carbocycles. The van der Waals surface area contributed by atoms with Crippen LogP contribution in [0, 0.1) is 10.8 Å². The highest BCUT2D eigenvalue weighted by molar-refractivity contribution is 5.83. The zero-order chi connectivity index (χ0) is 10.7. The van der Waals surface area contributed by atoms with Crippen molar-refractivity contribution in [3.8, 4) is 0 Å². The molecule has 1 N–H and O–H groups in total. The van der Waals surface area contributed by atoms with E-state index in [2.05, 4.69) is 22.3 Å². The summed E-state index contributed by atoms with van der Waals surface area (Å²) in [5, 5.41) is 4.18. The van der Waals surface area contributed by atoms with E-state index in [0.717, 1.165) is 11.9 Å². The fraction of sp³-hybridized carbons (Fsp3) is 0.333. The van der Waals surface area contributed by atoms with Crippen LogP contribution in [0.3, 0.4) is 0 Å². The number of nitrogens with zero attached hydrogens (tertiary/aromatic N) is 1. The molecule has 2 aromatic rings. The number of rotatable bonds is 4. The lowest BCUT2D eigenvalue weighted by atomic mass is 10.0. The highest BCUT2D eigenvalue weighted by atomic mass is 16.3. The third-order valence-electron chi connectivity index (χ3n) is 2.63. The molecule has 3 heteroatoms. The number of H-pyrrole nitrogens is 1. The number of benzene rings is 1. The Kier molecular flexibility index (Phi) is 2.81. The number of aromatic amines is 1. The van der Waals surface area contributed by atoms with Gasteiger partial charge in [0.25, 0.3) is 0 Å². The molecule has 2 rings (SSSR count). The summed E-state index contributed by atoms with van der Waals surface area (Å²) >= 11 is 0. The number of aromatic nitrogens is 1. The van der Waals surface area contributed by atoms with Gasteiger partial charge in [-0.2, -0.15) is 4.91 Å². The molecule has 0 amide bonds. The number of fused-ring (bicyclic) bond motifs is 1. The van der Waals surface area contributed by atoms with E-state index >= 15 is 0 Å². The molecule has 1 aromatic carbocycles. The molecule has 0 aliphatic carbocycles. The molecule has 0 aliphatic heterocycles. The van der Waals surface area contributed by atoms with E-state index in [4.69, 9.17) is 0 Å². The van der Waals surface area contributed by atoms with Crippen molar-refractivity contribution >= 4 is 10.9 Å². The van der Waals surface area contributed by atoms with Gasteiger partial charge in [-0.1, -0.05) is 30.3 Å². The monoisotopic (exact) mass is 202 g/mol. The van der Waals surface area contributed by atoms with Crippen molar-refractivity contribution in [1.29, 1.82) is 0 Å². The number of nitrogens with one attached hydrogen (secondary N) is 1. The van der Waals surface area contributed by atoms with Gasteiger partial charge in [0, 0.05) is 17.1 Å². The van der Waals surface area contributed by atoms with E-state index in [1.807, 2.05) is 25.3 Å². The van der Waals surface area contributed by atoms with E-state index in [1.54, 1.807) is 0 Å². The van der Waals surface area contributed by atoms with Gasteiger partial charge < -0.3 is 4.98 Å². The molecule has 1 atom stereocenters. The predicted octanol–water partition coefficient (Wildman–Crippen LogP) is 3.11. The third kappa shape index (κ3) is 2.06. The number of hydrogen-bond acceptors (Lipinski definition) is 2. The minimum absolute atomic E-state index is 0.307. The topological polar surface area (TPSA) is 45.2 Å². The van der Waals surface area contributed by atoms with Crippen LogP contribution in [0.25, 0.3) is 10.9 Å². The van der Waals surface area contributed by atoms with Gasteiger partial charge in [0.1, 0.15) is 0 Å². The highest BCUT2D eigenvalue weighted by Crippen LogP contribution is 2.20. The minimum atomic E-state index is 0.307. The molecular weight excluding hydrogens is 188 g/mol. The summed E-state index contributed by atoms with van der Waals surface area (Å²) in [5.74, 6) is 0.307. The zero-order valence-corrected chi connectivity index (χ0v) is 8.73. The molecule has 1 heterocycles. The Balaban J connectivity index is 2.24. The van der Waals surface area contributed by atoms with E-state index in [9.17, 15) is 4.91 Å². The average molecular weight is 202 g/mol. The molecule has 1 unspecified atom stereocenters. The number of para-hydroxylation sites is 1. The second-order valence-corrected chi connectivity index (χ2v) is 3.98. The summed E-state index contributed by atoms with van der Waals surface area (Å²) in [4.78, 5) is 13.4. The van der Waals surface area contributed by atoms with Crippen molar-refractivity contribution in [2.24, 2.45) is 11.1 Å². The number of nitroso groups, excluding NO2 is 1. The molecule has 0 bridgehead atoms. The van der Waals surface area contributed by atoms with E-state index < -0.39 is 0 Å². The molecule has 1 aromatic heterocycles. The summed E-state index contributed by atoms with van der Waals surface area (Å²) in [6.45, 7) is 2.43. The van der Waals surface area contributed by atoms with E-state index in [0.29, 0.717) is 12.5 Å². The SMILES string of the molecule is CC(CN=O)Cc1c[nH]c2ccccc12. The van der Waals surface area contributed by atoms with Crippen LogP contribution in [-0.4, -0.2) is 11.5 Å². The highest BCUT2D eigenvalue weighted by Gasteiger charge is 2.07. The summed E-state index contributed by atoms with van der Waals surface area (Å²) < 4.78 is 0. The van der Waals surface area contributed by atoms with Gasteiger partial charge in [-0.25, -0.2) is 0 Å². The Morgan fingerprint density at radius 3 is 3.00 bits per heavy atom. The van der Waals surface area contributed by atoms with Crippen LogP contribution in [0.2, 0.25) is 0 Å². The van der Waals surface area contributed by atoms with Crippen LogP contribution in [0.15, 0.2) is 35.6 Å². The first kappa shape index (κ1) is 9.90. The van der Waals surface area contributed by atoms with E-state index in [1.165, 1.54) is 10.9 Å². The van der Waals surface area contributed by atoms with Crippen molar-refractivity contribution in [3.05, 3.63) is 40.9 Å². The first-order chi connectivity index (χ1) is 7.31. The van der Waals surface area contributed by atoms with E-state index in [-0.39, 0.29) is 0 Å². The largest absolute Gasteiger partial charge is 0.361 e. The Hall–Kier alpha value is -1.64. The van der Waals surface area contributed by atoms with Gasteiger partial charge in [-0.3, -0.25) is 0 Å². The lowest BCUT2D eigenvalue weighted by Crippen LogP contribution is -2.02. The lowest BCUT2D eigenvalue weighted by Gasteiger charge is -2.04. The second kappa shape index (κ2) is 4.26. The number of hydrogen-bond donors (Lipinski definition) is 1. The van der Waals surface area contributed by atoms with Gasteiger partial charge in [0.15, 0.2) is 0 Å². The molecule has 15 heavy (non-hydrogen) atoms. The zero-order valence-electron chi connectivity index (χ0n) is 8.73. The smallest absolute Gasteiger partial charge is 0.0839 e. The van der Waals surface area contributed by atoms with Crippen LogP contribution < -0.4 is 0 Å². The normalized spacial score (nSPS) is 12.9. The first-order valence-corrected chi connectivity index (χ1v) is 5.15. The Morgan fingerprint density at radius 2 is 2.20 bits per heavy atom. The second-order valence-electron chi connectivity index (χ2n) is 3.98. The first-order valence-electron chi connectivity index (χ1n) is 5.15. The third-order valence-corrected chi connectivity index (χ3v) is 2.63. The van der Waals surface area contributed by atoms with Crippen LogP contribution >= 0.6 is 0 Å². The molecule has 3 nitrogen and oxygen atoms in total. The molecule has 78 valence electrons. The quantitative estimate of drug-likeness (QED) is 0.761. The Labute approximate surface area is 88.5 Å². The molecule has 0 radical (unpaired) electrons. The molecule has 0 spiro atoms. The van der Waals surface area contributed by atoms with Gasteiger partial charge >= 0.3 is 0 Å². The maximum absolute atomic E-state index is 10.1. The summed E-state index contributed by atoms with van der Waals surface area (Å²) in [6.07, 6.45) is 2.92. The fourth-order valence-electron chi connectivity index (χ4n) is 1.87. The molecule has 0 aliphatic rings. The van der Waals surface area contributed by atoms with Crippen molar-refractivity contribution in [1.82, 2.24) is 4.98 Å². The lowest BCUT2D eigenvalue weighted by molar-refractivity contribution is 0.594. The summed E-state index contributed by atoms with van der Waals surface area (Å²) in [6, 6.07) is 8.20. The predicted molar refractivity (Wildman–Crippen MR) is 61.8 cm³/mol. The van der Waals surface area contributed by atoms with Crippen LogP contribution in [0.4, 0.5) is 0 Å². The van der Waals surface area contributed by atoms with Crippen LogP contribution in [0.1, 0.15) is 12.5 Å². The molecule has 0 fully saturated rings.